The first-order valence-corrected chi connectivity index (χ1v) is 8.85. The quantitative estimate of drug-likeness (QED) is 0.728. The molecule has 2 aliphatic carbocycles. The molecule has 1 heterocycles. The highest BCUT2D eigenvalue weighted by Gasteiger charge is 2.53. The van der Waals surface area contributed by atoms with Gasteiger partial charge in [-0.3, -0.25) is 10.1 Å². The number of thioether (sulfide) groups is 1. The fourth-order valence-electron chi connectivity index (χ4n) is 3.00. The summed E-state index contributed by atoms with van der Waals surface area (Å²) in [4.78, 5) is 12.4. The highest BCUT2D eigenvalue weighted by Crippen LogP contribution is 2.44. The van der Waals surface area contributed by atoms with Gasteiger partial charge in [0.25, 0.3) is 0 Å². The number of ether oxygens (including phenoxy) is 2. The van der Waals surface area contributed by atoms with Crippen LogP contribution >= 0.6 is 11.8 Å². The van der Waals surface area contributed by atoms with Gasteiger partial charge in [0.2, 0.25) is 0 Å². The molecule has 3 fully saturated rings. The second-order valence-corrected chi connectivity index (χ2v) is 7.57. The number of carbonyl (C=O) groups excluding carboxylic acids is 1. The van der Waals surface area contributed by atoms with Gasteiger partial charge in [-0.2, -0.15) is 11.8 Å². The van der Waals surface area contributed by atoms with E-state index in [1.54, 1.807) is 0 Å². The highest BCUT2D eigenvalue weighted by atomic mass is 32.2. The number of esters is 1. The maximum atomic E-state index is 12.4. The van der Waals surface area contributed by atoms with E-state index in [0.717, 1.165) is 44.6 Å². The Kier molecular flexibility index (Phi) is 4.58. The molecule has 0 amide bonds. The summed E-state index contributed by atoms with van der Waals surface area (Å²) in [5.41, 5.74) is -0.432. The number of carbonyl (C=O) groups is 1. The Balaban J connectivity index is 1.64. The SMILES string of the molecule is COC(=O)C(CSC1CCOCC1)(NC1CC1)C1CC1. The summed E-state index contributed by atoms with van der Waals surface area (Å²) in [6, 6.07) is 0.532. The first kappa shape index (κ1) is 14.7. The third-order valence-electron chi connectivity index (χ3n) is 4.58. The van der Waals surface area contributed by atoms with Crippen LogP contribution in [0, 0.1) is 5.92 Å². The van der Waals surface area contributed by atoms with Gasteiger partial charge >= 0.3 is 5.97 Å². The second kappa shape index (κ2) is 6.24. The van der Waals surface area contributed by atoms with Crippen molar-refractivity contribution in [2.75, 3.05) is 26.1 Å². The summed E-state index contributed by atoms with van der Waals surface area (Å²) in [5.74, 6) is 1.28. The molecule has 3 aliphatic rings. The maximum Gasteiger partial charge on any atom is 0.327 e. The van der Waals surface area contributed by atoms with E-state index >= 15 is 0 Å². The Bertz CT molecular complexity index is 351. The van der Waals surface area contributed by atoms with Crippen LogP contribution in [0.1, 0.15) is 38.5 Å². The Labute approximate surface area is 125 Å². The Morgan fingerprint density at radius 3 is 2.50 bits per heavy atom. The molecule has 0 aromatic heterocycles. The molecule has 4 nitrogen and oxygen atoms in total. The molecule has 1 unspecified atom stereocenters. The van der Waals surface area contributed by atoms with Crippen LogP contribution in [-0.2, 0) is 14.3 Å². The zero-order chi connectivity index (χ0) is 14.0. The molecule has 1 saturated heterocycles. The number of methoxy groups -OCH3 is 1. The predicted octanol–water partition coefficient (Wildman–Crippen LogP) is 1.97. The van der Waals surface area contributed by atoms with Gasteiger partial charge < -0.3 is 9.47 Å². The average molecular weight is 299 g/mol. The summed E-state index contributed by atoms with van der Waals surface area (Å²) in [7, 11) is 1.52. The van der Waals surface area contributed by atoms with E-state index in [2.05, 4.69) is 5.32 Å². The minimum Gasteiger partial charge on any atom is -0.468 e. The monoisotopic (exact) mass is 299 g/mol. The van der Waals surface area contributed by atoms with Crippen LogP contribution in [0.15, 0.2) is 0 Å². The normalized spacial score (nSPS) is 27.1. The van der Waals surface area contributed by atoms with Gasteiger partial charge in [0.05, 0.1) is 7.11 Å². The lowest BCUT2D eigenvalue weighted by atomic mass is 9.95. The maximum absolute atomic E-state index is 12.4. The van der Waals surface area contributed by atoms with Crippen LogP contribution in [0.3, 0.4) is 0 Å². The van der Waals surface area contributed by atoms with Crippen LogP contribution in [-0.4, -0.2) is 48.9 Å². The minimum atomic E-state index is -0.432. The summed E-state index contributed by atoms with van der Waals surface area (Å²) in [6.07, 6.45) is 6.93. The van der Waals surface area contributed by atoms with Crippen molar-refractivity contribution < 1.29 is 14.3 Å². The van der Waals surface area contributed by atoms with Crippen molar-refractivity contribution in [2.24, 2.45) is 5.92 Å². The molecular formula is C15H25NO3S. The van der Waals surface area contributed by atoms with Crippen molar-refractivity contribution in [3.63, 3.8) is 0 Å². The topological polar surface area (TPSA) is 47.6 Å². The lowest BCUT2D eigenvalue weighted by Gasteiger charge is -2.34. The second-order valence-electron chi connectivity index (χ2n) is 6.28. The molecule has 1 aliphatic heterocycles. The lowest BCUT2D eigenvalue weighted by Crippen LogP contribution is -2.58. The molecule has 1 atom stereocenters. The van der Waals surface area contributed by atoms with Crippen molar-refractivity contribution in [3.8, 4) is 0 Å². The largest absolute Gasteiger partial charge is 0.468 e. The highest BCUT2D eigenvalue weighted by molar-refractivity contribution is 8.00. The van der Waals surface area contributed by atoms with Crippen molar-refractivity contribution in [2.45, 2.75) is 55.4 Å². The van der Waals surface area contributed by atoms with Crippen LogP contribution in [0.2, 0.25) is 0 Å². The summed E-state index contributed by atoms with van der Waals surface area (Å²) in [5, 5.41) is 4.26. The number of hydrogen-bond donors (Lipinski definition) is 1. The lowest BCUT2D eigenvalue weighted by molar-refractivity contribution is -0.148. The zero-order valence-electron chi connectivity index (χ0n) is 12.2. The summed E-state index contributed by atoms with van der Waals surface area (Å²) >= 11 is 1.94. The van der Waals surface area contributed by atoms with Crippen molar-refractivity contribution in [1.29, 1.82) is 0 Å². The number of nitrogens with one attached hydrogen (secondary N) is 1. The molecule has 0 spiro atoms. The fraction of sp³-hybridized carbons (Fsp3) is 0.933. The molecule has 114 valence electrons. The standard InChI is InChI=1S/C15H25NO3S/c1-18-14(17)15(11-2-3-11,16-12-4-5-12)10-20-13-6-8-19-9-7-13/h11-13,16H,2-10H2,1H3. The van der Waals surface area contributed by atoms with Crippen molar-refractivity contribution in [3.05, 3.63) is 0 Å². The predicted molar refractivity (Wildman–Crippen MR) is 79.9 cm³/mol. The Hall–Kier alpha value is -0.260. The van der Waals surface area contributed by atoms with E-state index in [4.69, 9.17) is 9.47 Å². The molecule has 3 rings (SSSR count). The summed E-state index contributed by atoms with van der Waals surface area (Å²) in [6.45, 7) is 1.73. The van der Waals surface area contributed by atoms with Crippen molar-refractivity contribution in [1.82, 2.24) is 5.32 Å². The van der Waals surface area contributed by atoms with Gasteiger partial charge in [0.15, 0.2) is 0 Å². The van der Waals surface area contributed by atoms with Gasteiger partial charge in [-0.05, 0) is 44.4 Å². The van der Waals surface area contributed by atoms with Crippen LogP contribution in [0.25, 0.3) is 0 Å². The fourth-order valence-corrected chi connectivity index (χ4v) is 4.47. The van der Waals surface area contributed by atoms with Crippen LogP contribution in [0.4, 0.5) is 0 Å². The third kappa shape index (κ3) is 3.31. The van der Waals surface area contributed by atoms with E-state index in [9.17, 15) is 4.79 Å². The molecule has 0 aromatic rings. The smallest absolute Gasteiger partial charge is 0.327 e. The van der Waals surface area contributed by atoms with E-state index in [-0.39, 0.29) is 5.97 Å². The summed E-state index contributed by atoms with van der Waals surface area (Å²) < 4.78 is 10.6. The Morgan fingerprint density at radius 1 is 1.25 bits per heavy atom. The molecule has 0 aromatic carbocycles. The molecule has 20 heavy (non-hydrogen) atoms. The molecule has 0 radical (unpaired) electrons. The van der Waals surface area contributed by atoms with Crippen LogP contribution < -0.4 is 5.32 Å². The van der Waals surface area contributed by atoms with E-state index in [1.165, 1.54) is 20.0 Å². The van der Waals surface area contributed by atoms with Gasteiger partial charge in [-0.15, -0.1) is 0 Å². The number of rotatable bonds is 7. The number of hydrogen-bond acceptors (Lipinski definition) is 5. The molecular weight excluding hydrogens is 274 g/mol. The first-order chi connectivity index (χ1) is 9.74. The average Bonchev–Trinajstić information content (AvgIpc) is 3.37. The van der Waals surface area contributed by atoms with Gasteiger partial charge in [-0.25, -0.2) is 0 Å². The minimum absolute atomic E-state index is 0.0496. The zero-order valence-corrected chi connectivity index (χ0v) is 13.0. The van der Waals surface area contributed by atoms with E-state index in [0.29, 0.717) is 17.2 Å². The molecule has 2 saturated carbocycles. The van der Waals surface area contributed by atoms with Gasteiger partial charge in [0.1, 0.15) is 5.54 Å². The molecule has 1 N–H and O–H groups in total. The van der Waals surface area contributed by atoms with Crippen LogP contribution in [0.5, 0.6) is 0 Å². The van der Waals surface area contributed by atoms with Gasteiger partial charge in [-0.1, -0.05) is 0 Å². The third-order valence-corrected chi connectivity index (χ3v) is 6.14. The van der Waals surface area contributed by atoms with E-state index in [1.807, 2.05) is 11.8 Å². The van der Waals surface area contributed by atoms with Crippen molar-refractivity contribution >= 4 is 17.7 Å². The van der Waals surface area contributed by atoms with Gasteiger partial charge in [0, 0.05) is 30.3 Å². The Morgan fingerprint density at radius 2 is 1.95 bits per heavy atom. The van der Waals surface area contributed by atoms with E-state index < -0.39 is 5.54 Å². The first-order valence-electron chi connectivity index (χ1n) is 7.80. The molecule has 5 heteroatoms. The molecule has 0 bridgehead atoms.